The normalized spacial score (nSPS) is 10.7. The summed E-state index contributed by atoms with van der Waals surface area (Å²) < 4.78 is 22.6. The van der Waals surface area contributed by atoms with Crippen LogP contribution in [0, 0.1) is 0 Å². The molecule has 0 atom stereocenters. The summed E-state index contributed by atoms with van der Waals surface area (Å²) >= 11 is 7.42. The third-order valence-corrected chi connectivity index (χ3v) is 6.02. The number of nitrogens with one attached hydrogen (secondary N) is 2. The number of carbonyl (C=O) groups is 2. The molecule has 38 heavy (non-hydrogen) atoms. The smallest absolute Gasteiger partial charge is 0.379 e. The van der Waals surface area contributed by atoms with Crippen LogP contribution in [0.3, 0.4) is 0 Å². The lowest BCUT2D eigenvalue weighted by Gasteiger charge is -2.15. The Morgan fingerprint density at radius 1 is 1.16 bits per heavy atom. The Labute approximate surface area is 224 Å². The summed E-state index contributed by atoms with van der Waals surface area (Å²) in [7, 11) is 2.94. The number of nitrogens with zero attached hydrogens (tertiary/aromatic N) is 4. The quantitative estimate of drug-likeness (QED) is 0.275. The molecule has 0 spiro atoms. The van der Waals surface area contributed by atoms with Crippen LogP contribution in [0.25, 0.3) is 16.3 Å². The van der Waals surface area contributed by atoms with Crippen molar-refractivity contribution in [2.45, 2.75) is 6.92 Å². The molecule has 3 heterocycles. The van der Waals surface area contributed by atoms with Crippen molar-refractivity contribution in [2.24, 2.45) is 0 Å². The minimum atomic E-state index is -0.903. The Bertz CT molecular complexity index is 1530. The Balaban J connectivity index is 1.67. The van der Waals surface area contributed by atoms with Gasteiger partial charge in [-0.2, -0.15) is 9.78 Å². The number of amides is 2. The van der Waals surface area contributed by atoms with E-state index in [1.54, 1.807) is 24.3 Å². The van der Waals surface area contributed by atoms with Crippen LogP contribution in [0.5, 0.6) is 11.5 Å². The molecule has 2 amide bonds. The lowest BCUT2D eigenvalue weighted by Crippen LogP contribution is -2.18. The molecule has 198 valence electrons. The van der Waals surface area contributed by atoms with E-state index in [1.807, 2.05) is 0 Å². The van der Waals surface area contributed by atoms with Gasteiger partial charge in [0.25, 0.3) is 5.91 Å². The van der Waals surface area contributed by atoms with Gasteiger partial charge in [0.2, 0.25) is 21.9 Å². The molecule has 0 unspecified atom stereocenters. The molecular formula is C23H21ClN6O7S. The predicted octanol–water partition coefficient (Wildman–Crippen LogP) is 3.24. The fourth-order valence-electron chi connectivity index (χ4n) is 3.32. The average Bonchev–Trinajstić information content (AvgIpc) is 3.53. The molecule has 0 saturated carbocycles. The highest BCUT2D eigenvalue weighted by atomic mass is 35.5. The third kappa shape index (κ3) is 5.82. The van der Waals surface area contributed by atoms with E-state index < -0.39 is 11.5 Å². The van der Waals surface area contributed by atoms with Crippen molar-refractivity contribution in [3.05, 3.63) is 57.7 Å². The summed E-state index contributed by atoms with van der Waals surface area (Å²) in [6.45, 7) is 1.62. The molecule has 0 aliphatic carbocycles. The van der Waals surface area contributed by atoms with Gasteiger partial charge in [0.05, 0.1) is 24.9 Å². The van der Waals surface area contributed by atoms with Crippen LogP contribution in [0.1, 0.15) is 17.5 Å². The van der Waals surface area contributed by atoms with Crippen LogP contribution in [0.15, 0.2) is 45.7 Å². The molecule has 1 aromatic carbocycles. The van der Waals surface area contributed by atoms with Crippen molar-refractivity contribution in [3.63, 3.8) is 0 Å². The highest BCUT2D eigenvalue weighted by Crippen LogP contribution is 2.40. The Morgan fingerprint density at radius 3 is 2.71 bits per heavy atom. The molecule has 0 fully saturated rings. The minimum Gasteiger partial charge on any atom is -0.496 e. The molecule has 3 aromatic heterocycles. The van der Waals surface area contributed by atoms with Crippen molar-refractivity contribution in [1.29, 1.82) is 0 Å². The summed E-state index contributed by atoms with van der Waals surface area (Å²) in [6.07, 6.45) is 1.47. The van der Waals surface area contributed by atoms with Crippen molar-refractivity contribution in [1.82, 2.24) is 20.0 Å². The average molecular weight is 561 g/mol. The topological polar surface area (TPSA) is 160 Å². The van der Waals surface area contributed by atoms with Crippen molar-refractivity contribution < 1.29 is 28.2 Å². The fourth-order valence-corrected chi connectivity index (χ4v) is 4.30. The number of halogens is 1. The van der Waals surface area contributed by atoms with Gasteiger partial charge in [-0.3, -0.25) is 14.9 Å². The Hall–Kier alpha value is -4.27. The number of hydrogen-bond donors (Lipinski definition) is 2. The number of anilines is 2. The summed E-state index contributed by atoms with van der Waals surface area (Å²) in [6, 6.07) is 7.85. The first kappa shape index (κ1) is 26.8. The second kappa shape index (κ2) is 11.9. The van der Waals surface area contributed by atoms with Crippen LogP contribution in [0.4, 0.5) is 10.9 Å². The summed E-state index contributed by atoms with van der Waals surface area (Å²) in [4.78, 5) is 37.4. The van der Waals surface area contributed by atoms with E-state index in [-0.39, 0.29) is 51.5 Å². The maximum Gasteiger partial charge on any atom is 0.379 e. The maximum atomic E-state index is 13.1. The standard InChI is InChI=1S/C23H21ClN6O7S/c1-12(31)26-17-7-8-25-30(17)23-29-28-22(38-23)27-20(32)16-11-13(18-14(24)5-4-6-15(18)35-3)19(21(33)37-16)36-10-9-34-2/h4-8,11H,9-10H2,1-3H3,(H,26,31)(H,27,28,32). The van der Waals surface area contributed by atoms with Crippen LogP contribution in [-0.4, -0.2) is 59.2 Å². The summed E-state index contributed by atoms with van der Waals surface area (Å²) in [5.41, 5.74) is -0.368. The molecule has 15 heteroatoms. The zero-order valence-electron chi connectivity index (χ0n) is 20.3. The van der Waals surface area contributed by atoms with E-state index in [0.29, 0.717) is 17.1 Å². The molecule has 4 aromatic rings. The number of methoxy groups -OCH3 is 2. The van der Waals surface area contributed by atoms with Gasteiger partial charge in [-0.1, -0.05) is 29.0 Å². The lowest BCUT2D eigenvalue weighted by molar-refractivity contribution is -0.114. The number of benzene rings is 1. The SMILES string of the molecule is COCCOc1c(-c2c(Cl)cccc2OC)cc(C(=O)Nc2nnc(-n3nccc3NC(C)=O)s2)oc1=O. The van der Waals surface area contributed by atoms with Gasteiger partial charge < -0.3 is 23.9 Å². The molecule has 4 rings (SSSR count). The van der Waals surface area contributed by atoms with Gasteiger partial charge in [0, 0.05) is 31.2 Å². The van der Waals surface area contributed by atoms with Gasteiger partial charge in [-0.05, 0) is 18.2 Å². The number of hydrogen-bond acceptors (Lipinski definition) is 11. The lowest BCUT2D eigenvalue weighted by atomic mass is 10.0. The molecule has 13 nitrogen and oxygen atoms in total. The largest absolute Gasteiger partial charge is 0.496 e. The number of aromatic nitrogens is 4. The van der Waals surface area contributed by atoms with Gasteiger partial charge >= 0.3 is 5.63 Å². The van der Waals surface area contributed by atoms with Crippen molar-refractivity contribution in [2.75, 3.05) is 38.1 Å². The highest BCUT2D eigenvalue weighted by Gasteiger charge is 2.24. The van der Waals surface area contributed by atoms with Crippen LogP contribution >= 0.6 is 22.9 Å². The second-order valence-corrected chi connectivity index (χ2v) is 8.82. The van der Waals surface area contributed by atoms with Gasteiger partial charge in [0.1, 0.15) is 18.2 Å². The van der Waals surface area contributed by atoms with Crippen molar-refractivity contribution in [3.8, 4) is 27.8 Å². The van der Waals surface area contributed by atoms with E-state index in [0.717, 1.165) is 11.3 Å². The molecule has 0 aliphatic rings. The van der Waals surface area contributed by atoms with E-state index in [9.17, 15) is 14.4 Å². The van der Waals surface area contributed by atoms with E-state index in [2.05, 4.69) is 25.9 Å². The van der Waals surface area contributed by atoms with E-state index in [4.69, 9.17) is 30.2 Å². The molecule has 0 bridgehead atoms. The third-order valence-electron chi connectivity index (χ3n) is 4.89. The van der Waals surface area contributed by atoms with Gasteiger partial charge in [-0.15, -0.1) is 10.2 Å². The van der Waals surface area contributed by atoms with Crippen LogP contribution in [0.2, 0.25) is 5.02 Å². The first-order chi connectivity index (χ1) is 18.3. The van der Waals surface area contributed by atoms with Crippen LogP contribution < -0.4 is 25.7 Å². The minimum absolute atomic E-state index is 0.0496. The molecule has 0 aliphatic heterocycles. The van der Waals surface area contributed by atoms with Gasteiger partial charge in [-0.25, -0.2) is 4.79 Å². The highest BCUT2D eigenvalue weighted by molar-refractivity contribution is 7.17. The molecular weight excluding hydrogens is 540 g/mol. The number of ether oxygens (including phenoxy) is 3. The fraction of sp³-hybridized carbons (Fsp3) is 0.217. The summed E-state index contributed by atoms with van der Waals surface area (Å²) in [5.74, 6) is -0.828. The zero-order chi connectivity index (χ0) is 27.2. The van der Waals surface area contributed by atoms with Crippen LogP contribution in [-0.2, 0) is 9.53 Å². The first-order valence-electron chi connectivity index (χ1n) is 10.9. The monoisotopic (exact) mass is 560 g/mol. The Kier molecular flexibility index (Phi) is 8.35. The second-order valence-electron chi connectivity index (χ2n) is 7.45. The van der Waals surface area contributed by atoms with E-state index >= 15 is 0 Å². The zero-order valence-corrected chi connectivity index (χ0v) is 21.9. The van der Waals surface area contributed by atoms with Gasteiger partial charge in [0.15, 0.2) is 5.76 Å². The molecule has 0 radical (unpaired) electrons. The number of carbonyl (C=O) groups excluding carboxylic acids is 2. The summed E-state index contributed by atoms with van der Waals surface area (Å²) in [5, 5.41) is 17.8. The predicted molar refractivity (Wildman–Crippen MR) is 139 cm³/mol. The Morgan fingerprint density at radius 2 is 1.97 bits per heavy atom. The maximum absolute atomic E-state index is 13.1. The van der Waals surface area contributed by atoms with E-state index in [1.165, 1.54) is 38.1 Å². The number of rotatable bonds is 10. The molecule has 0 saturated heterocycles. The first-order valence-corrected chi connectivity index (χ1v) is 12.1. The molecule has 2 N–H and O–H groups in total. The van der Waals surface area contributed by atoms with Crippen molar-refractivity contribution >= 4 is 45.7 Å².